The molecule has 0 atom stereocenters. The van der Waals surface area contributed by atoms with Crippen molar-refractivity contribution in [3.8, 4) is 0 Å². The molecule has 2 aliphatic rings. The Morgan fingerprint density at radius 1 is 1.11 bits per heavy atom. The van der Waals surface area contributed by atoms with Crippen LogP contribution in [0.1, 0.15) is 34.3 Å². The van der Waals surface area contributed by atoms with E-state index in [2.05, 4.69) is 20.2 Å². The number of carbonyl (C=O) groups is 1. The molecule has 2 aromatic rings. The highest BCUT2D eigenvalue weighted by molar-refractivity contribution is 6.04. The first-order chi connectivity index (χ1) is 13.1. The predicted octanol–water partition coefficient (Wildman–Crippen LogP) is 2.69. The molecule has 3 heterocycles. The first-order valence-corrected chi connectivity index (χ1v) is 9.29. The summed E-state index contributed by atoms with van der Waals surface area (Å²) >= 11 is 0. The average Bonchev–Trinajstić information content (AvgIpc) is 3.14. The summed E-state index contributed by atoms with van der Waals surface area (Å²) in [5.74, 6) is 0.00822. The lowest BCUT2D eigenvalue weighted by Crippen LogP contribution is -2.45. The number of amides is 1. The lowest BCUT2D eigenvalue weighted by Gasteiger charge is -2.37. The van der Waals surface area contributed by atoms with Crippen molar-refractivity contribution < 1.29 is 14.3 Å². The van der Waals surface area contributed by atoms with E-state index < -0.39 is 5.79 Å². The molecular formula is C20H24N4O3. The van der Waals surface area contributed by atoms with Crippen molar-refractivity contribution in [1.29, 1.82) is 0 Å². The van der Waals surface area contributed by atoms with Gasteiger partial charge in [-0.3, -0.25) is 4.79 Å². The Morgan fingerprint density at radius 3 is 2.44 bits per heavy atom. The number of nitrogens with zero attached hydrogens (tertiary/aromatic N) is 3. The molecule has 2 aliphatic heterocycles. The van der Waals surface area contributed by atoms with E-state index in [1.54, 1.807) is 12.4 Å². The van der Waals surface area contributed by atoms with E-state index >= 15 is 0 Å². The van der Waals surface area contributed by atoms with Gasteiger partial charge in [0.1, 0.15) is 0 Å². The highest BCUT2D eigenvalue weighted by Gasteiger charge is 2.40. The molecule has 2 saturated heterocycles. The van der Waals surface area contributed by atoms with Crippen LogP contribution in [-0.4, -0.2) is 48.0 Å². The molecule has 142 valence electrons. The molecule has 2 fully saturated rings. The minimum atomic E-state index is -0.415. The number of ether oxygens (including phenoxy) is 2. The van der Waals surface area contributed by atoms with Crippen molar-refractivity contribution in [2.24, 2.45) is 0 Å². The van der Waals surface area contributed by atoms with E-state index in [1.807, 2.05) is 32.0 Å². The Kier molecular flexibility index (Phi) is 4.80. The standard InChI is InChI=1S/C20H24N4O3/c1-14-4-3-5-17(15(14)2)23-18(25)16-12-21-19(22-13-16)24-8-6-20(7-9-24)26-10-11-27-20/h3-5,12-13H,6-11H2,1-2H3,(H,23,25). The smallest absolute Gasteiger partial charge is 0.258 e. The lowest BCUT2D eigenvalue weighted by atomic mass is 10.0. The fraction of sp³-hybridized carbons (Fsp3) is 0.450. The summed E-state index contributed by atoms with van der Waals surface area (Å²) in [6.45, 7) is 6.89. The van der Waals surface area contributed by atoms with Gasteiger partial charge in [-0.15, -0.1) is 0 Å². The second-order valence-corrected chi connectivity index (χ2v) is 7.07. The van der Waals surface area contributed by atoms with E-state index in [-0.39, 0.29) is 5.91 Å². The van der Waals surface area contributed by atoms with E-state index in [0.29, 0.717) is 24.7 Å². The molecule has 7 heteroatoms. The second kappa shape index (κ2) is 7.25. The van der Waals surface area contributed by atoms with Crippen LogP contribution in [0.5, 0.6) is 0 Å². The summed E-state index contributed by atoms with van der Waals surface area (Å²) in [6, 6.07) is 5.85. The van der Waals surface area contributed by atoms with Gasteiger partial charge in [0.15, 0.2) is 5.79 Å². The fourth-order valence-corrected chi connectivity index (χ4v) is 3.52. The monoisotopic (exact) mass is 368 g/mol. The van der Waals surface area contributed by atoms with Gasteiger partial charge >= 0.3 is 0 Å². The molecule has 0 aliphatic carbocycles. The Bertz CT molecular complexity index is 822. The largest absolute Gasteiger partial charge is 0.347 e. The molecule has 7 nitrogen and oxygen atoms in total. The van der Waals surface area contributed by atoms with Crippen LogP contribution in [0.15, 0.2) is 30.6 Å². The summed E-state index contributed by atoms with van der Waals surface area (Å²) in [4.78, 5) is 23.4. The maximum atomic E-state index is 12.5. The predicted molar refractivity (Wildman–Crippen MR) is 102 cm³/mol. The number of rotatable bonds is 3. The van der Waals surface area contributed by atoms with Gasteiger partial charge in [0.05, 0.1) is 18.8 Å². The fourth-order valence-electron chi connectivity index (χ4n) is 3.52. The highest BCUT2D eigenvalue weighted by atomic mass is 16.7. The van der Waals surface area contributed by atoms with E-state index in [4.69, 9.17) is 9.47 Å². The Hall–Kier alpha value is -2.51. The van der Waals surface area contributed by atoms with Crippen LogP contribution in [0.25, 0.3) is 0 Å². The number of anilines is 2. The molecule has 4 rings (SSSR count). The number of aromatic nitrogens is 2. The molecule has 1 amide bonds. The maximum absolute atomic E-state index is 12.5. The first kappa shape index (κ1) is 17.9. The zero-order valence-corrected chi connectivity index (χ0v) is 15.7. The number of carbonyl (C=O) groups excluding carboxylic acids is 1. The van der Waals surface area contributed by atoms with Crippen molar-refractivity contribution in [2.75, 3.05) is 36.5 Å². The lowest BCUT2D eigenvalue weighted by molar-refractivity contribution is -0.169. The third-order valence-electron chi connectivity index (χ3n) is 5.37. The van der Waals surface area contributed by atoms with Crippen molar-refractivity contribution in [2.45, 2.75) is 32.5 Å². The number of piperidine rings is 1. The van der Waals surface area contributed by atoms with E-state index in [1.165, 1.54) is 0 Å². The van der Waals surface area contributed by atoms with Gasteiger partial charge in [0, 0.05) is 44.0 Å². The van der Waals surface area contributed by atoms with Gasteiger partial charge in [0.25, 0.3) is 5.91 Å². The van der Waals surface area contributed by atoms with Gasteiger partial charge in [0.2, 0.25) is 5.95 Å². The van der Waals surface area contributed by atoms with Crippen LogP contribution < -0.4 is 10.2 Å². The first-order valence-electron chi connectivity index (χ1n) is 9.29. The Labute approximate surface area is 158 Å². The van der Waals surface area contributed by atoms with E-state index in [0.717, 1.165) is 42.7 Å². The number of hydrogen-bond acceptors (Lipinski definition) is 6. The minimum absolute atomic E-state index is 0.208. The SMILES string of the molecule is Cc1cccc(NC(=O)c2cnc(N3CCC4(CC3)OCCO4)nc2)c1C. The number of benzene rings is 1. The van der Waals surface area contributed by atoms with Gasteiger partial charge in [-0.05, 0) is 31.0 Å². The van der Waals surface area contributed by atoms with Crippen LogP contribution in [0.4, 0.5) is 11.6 Å². The molecule has 1 aromatic carbocycles. The Morgan fingerprint density at radius 2 is 1.78 bits per heavy atom. The number of hydrogen-bond donors (Lipinski definition) is 1. The molecule has 0 unspecified atom stereocenters. The summed E-state index contributed by atoms with van der Waals surface area (Å²) in [6.07, 6.45) is 4.75. The topological polar surface area (TPSA) is 76.6 Å². The van der Waals surface area contributed by atoms with Crippen LogP contribution in [-0.2, 0) is 9.47 Å². The molecule has 1 spiro atoms. The summed E-state index contributed by atoms with van der Waals surface area (Å²) in [5, 5.41) is 2.93. The van der Waals surface area contributed by atoms with Crippen LogP contribution in [0.2, 0.25) is 0 Å². The van der Waals surface area contributed by atoms with Crippen molar-refractivity contribution in [3.05, 3.63) is 47.3 Å². The Balaban J connectivity index is 1.40. The quantitative estimate of drug-likeness (QED) is 0.898. The van der Waals surface area contributed by atoms with E-state index in [9.17, 15) is 4.79 Å². The average molecular weight is 368 g/mol. The zero-order chi connectivity index (χ0) is 18.9. The minimum Gasteiger partial charge on any atom is -0.347 e. The third kappa shape index (κ3) is 3.65. The van der Waals surface area contributed by atoms with Crippen LogP contribution in [0, 0.1) is 13.8 Å². The van der Waals surface area contributed by atoms with Crippen LogP contribution in [0.3, 0.4) is 0 Å². The van der Waals surface area contributed by atoms with Crippen molar-refractivity contribution in [1.82, 2.24) is 9.97 Å². The molecular weight excluding hydrogens is 344 g/mol. The normalized spacial score (nSPS) is 18.7. The molecule has 0 bridgehead atoms. The maximum Gasteiger partial charge on any atom is 0.258 e. The zero-order valence-electron chi connectivity index (χ0n) is 15.7. The molecule has 27 heavy (non-hydrogen) atoms. The molecule has 0 saturated carbocycles. The van der Waals surface area contributed by atoms with Crippen molar-refractivity contribution in [3.63, 3.8) is 0 Å². The van der Waals surface area contributed by atoms with Gasteiger partial charge in [-0.1, -0.05) is 12.1 Å². The molecule has 1 aromatic heterocycles. The summed E-state index contributed by atoms with van der Waals surface area (Å²) < 4.78 is 11.5. The van der Waals surface area contributed by atoms with Gasteiger partial charge in [-0.2, -0.15) is 0 Å². The van der Waals surface area contributed by atoms with Crippen molar-refractivity contribution >= 4 is 17.5 Å². The summed E-state index contributed by atoms with van der Waals surface area (Å²) in [5.41, 5.74) is 3.44. The third-order valence-corrected chi connectivity index (χ3v) is 5.37. The second-order valence-electron chi connectivity index (χ2n) is 7.07. The van der Waals surface area contributed by atoms with Gasteiger partial charge in [-0.25, -0.2) is 9.97 Å². The van der Waals surface area contributed by atoms with Crippen LogP contribution >= 0.6 is 0 Å². The number of aryl methyl sites for hydroxylation is 1. The number of nitrogens with one attached hydrogen (secondary N) is 1. The molecule has 0 radical (unpaired) electrons. The van der Waals surface area contributed by atoms with Gasteiger partial charge < -0.3 is 19.7 Å². The summed E-state index contributed by atoms with van der Waals surface area (Å²) in [7, 11) is 0. The molecule has 1 N–H and O–H groups in total. The highest BCUT2D eigenvalue weighted by Crippen LogP contribution is 2.32.